The number of rotatable bonds is 7. The van der Waals surface area contributed by atoms with Crippen LogP contribution in [-0.4, -0.2) is 46.0 Å². The van der Waals surface area contributed by atoms with Crippen LogP contribution in [0.15, 0.2) is 22.8 Å². The summed E-state index contributed by atoms with van der Waals surface area (Å²) < 4.78 is 5.25. The summed E-state index contributed by atoms with van der Waals surface area (Å²) in [4.78, 5) is 26.5. The molecule has 0 spiro atoms. The zero-order chi connectivity index (χ0) is 15.1. The Labute approximate surface area is 119 Å². The van der Waals surface area contributed by atoms with E-state index in [1.54, 1.807) is 29.1 Å². The van der Waals surface area contributed by atoms with Crippen molar-refractivity contribution in [2.75, 3.05) is 13.1 Å². The molecule has 1 N–H and O–H groups in total. The van der Waals surface area contributed by atoms with Crippen molar-refractivity contribution in [3.63, 3.8) is 0 Å². The molecule has 0 bridgehead atoms. The van der Waals surface area contributed by atoms with Crippen molar-refractivity contribution in [3.05, 3.63) is 24.2 Å². The number of hydrogen-bond acceptors (Lipinski definition) is 3. The van der Waals surface area contributed by atoms with Gasteiger partial charge in [0.15, 0.2) is 0 Å². The van der Waals surface area contributed by atoms with Crippen molar-refractivity contribution in [1.82, 2.24) is 9.80 Å². The molecule has 0 aliphatic rings. The van der Waals surface area contributed by atoms with Crippen LogP contribution in [0.2, 0.25) is 0 Å². The number of furan rings is 1. The lowest BCUT2D eigenvalue weighted by Gasteiger charge is -2.32. The molecule has 1 unspecified atom stereocenters. The molecule has 0 saturated heterocycles. The van der Waals surface area contributed by atoms with Crippen molar-refractivity contribution < 1.29 is 19.1 Å². The second-order valence-electron chi connectivity index (χ2n) is 4.61. The molecule has 1 atom stereocenters. The van der Waals surface area contributed by atoms with E-state index in [9.17, 15) is 9.59 Å². The molecule has 2 amide bonds. The lowest BCUT2D eigenvalue weighted by molar-refractivity contribution is -0.138. The highest BCUT2D eigenvalue weighted by molar-refractivity contribution is 5.76. The van der Waals surface area contributed by atoms with Crippen molar-refractivity contribution in [2.45, 2.75) is 39.8 Å². The number of nitrogens with zero attached hydrogens (tertiary/aromatic N) is 2. The number of hydrogen-bond donors (Lipinski definition) is 1. The molecule has 0 aromatic carbocycles. The second kappa shape index (κ2) is 7.57. The van der Waals surface area contributed by atoms with E-state index in [2.05, 4.69) is 0 Å². The van der Waals surface area contributed by atoms with Crippen LogP contribution in [0.4, 0.5) is 4.79 Å². The SMILES string of the molecule is CCN(Cc1ccco1)C(=O)N(CC)C(C)CC(=O)O. The van der Waals surface area contributed by atoms with Crippen molar-refractivity contribution in [3.8, 4) is 0 Å². The van der Waals surface area contributed by atoms with Crippen LogP contribution >= 0.6 is 0 Å². The predicted molar refractivity (Wildman–Crippen MR) is 74.3 cm³/mol. The zero-order valence-electron chi connectivity index (χ0n) is 12.2. The fraction of sp³-hybridized carbons (Fsp3) is 0.571. The summed E-state index contributed by atoms with van der Waals surface area (Å²) >= 11 is 0. The normalized spacial score (nSPS) is 11.9. The van der Waals surface area contributed by atoms with Gasteiger partial charge in [-0.05, 0) is 32.9 Å². The minimum absolute atomic E-state index is 0.0577. The van der Waals surface area contributed by atoms with Gasteiger partial charge in [-0.15, -0.1) is 0 Å². The van der Waals surface area contributed by atoms with Crippen LogP contribution < -0.4 is 0 Å². The summed E-state index contributed by atoms with van der Waals surface area (Å²) in [6.45, 7) is 6.88. The molecular weight excluding hydrogens is 260 g/mol. The molecule has 20 heavy (non-hydrogen) atoms. The summed E-state index contributed by atoms with van der Waals surface area (Å²) in [5.41, 5.74) is 0. The number of carbonyl (C=O) groups excluding carboxylic acids is 1. The Morgan fingerprint density at radius 1 is 1.35 bits per heavy atom. The highest BCUT2D eigenvalue weighted by Gasteiger charge is 2.25. The Kier molecular flexibility index (Phi) is 6.09. The molecule has 1 heterocycles. The van der Waals surface area contributed by atoms with Crippen molar-refractivity contribution in [2.24, 2.45) is 0 Å². The maximum atomic E-state index is 12.5. The van der Waals surface area contributed by atoms with Crippen LogP contribution in [-0.2, 0) is 11.3 Å². The quantitative estimate of drug-likeness (QED) is 0.833. The Balaban J connectivity index is 2.73. The Hall–Kier alpha value is -1.98. The van der Waals surface area contributed by atoms with Crippen LogP contribution in [0.25, 0.3) is 0 Å². The molecule has 0 saturated carbocycles. The van der Waals surface area contributed by atoms with Gasteiger partial charge in [0.25, 0.3) is 0 Å². The van der Waals surface area contributed by atoms with E-state index in [1.165, 1.54) is 0 Å². The summed E-state index contributed by atoms with van der Waals surface area (Å²) in [5.74, 6) is -0.194. The molecule has 112 valence electrons. The Bertz CT molecular complexity index is 430. The van der Waals surface area contributed by atoms with Gasteiger partial charge >= 0.3 is 12.0 Å². The molecule has 1 aromatic heterocycles. The fourth-order valence-electron chi connectivity index (χ4n) is 2.09. The van der Waals surface area contributed by atoms with Gasteiger partial charge in [-0.3, -0.25) is 4.79 Å². The predicted octanol–water partition coefficient (Wildman–Crippen LogP) is 2.41. The van der Waals surface area contributed by atoms with E-state index in [0.29, 0.717) is 25.4 Å². The zero-order valence-corrected chi connectivity index (χ0v) is 12.2. The third-order valence-corrected chi connectivity index (χ3v) is 3.17. The molecule has 6 heteroatoms. The number of carbonyl (C=O) groups is 2. The first-order valence-corrected chi connectivity index (χ1v) is 6.79. The Morgan fingerprint density at radius 2 is 2.05 bits per heavy atom. The summed E-state index contributed by atoms with van der Waals surface area (Å²) in [7, 11) is 0. The van der Waals surface area contributed by atoms with E-state index in [1.807, 2.05) is 19.9 Å². The molecule has 6 nitrogen and oxygen atoms in total. The topological polar surface area (TPSA) is 74.0 Å². The first kappa shape index (κ1) is 16.1. The monoisotopic (exact) mass is 282 g/mol. The van der Waals surface area contributed by atoms with Crippen molar-refractivity contribution in [1.29, 1.82) is 0 Å². The largest absolute Gasteiger partial charge is 0.481 e. The average Bonchev–Trinajstić information content (AvgIpc) is 2.88. The summed E-state index contributed by atoms with van der Waals surface area (Å²) in [5, 5.41) is 8.85. The van der Waals surface area contributed by atoms with Gasteiger partial charge in [0.05, 0.1) is 19.2 Å². The highest BCUT2D eigenvalue weighted by Crippen LogP contribution is 2.12. The first-order valence-electron chi connectivity index (χ1n) is 6.79. The van der Waals surface area contributed by atoms with Crippen LogP contribution in [0, 0.1) is 0 Å². The molecule has 1 aromatic rings. The molecular formula is C14H22N2O4. The van der Waals surface area contributed by atoms with Gasteiger partial charge < -0.3 is 19.3 Å². The molecule has 0 radical (unpaired) electrons. The number of aliphatic carboxylic acids is 1. The molecule has 0 aliphatic heterocycles. The van der Waals surface area contributed by atoms with Gasteiger partial charge in [-0.1, -0.05) is 0 Å². The fourth-order valence-corrected chi connectivity index (χ4v) is 2.09. The lowest BCUT2D eigenvalue weighted by Crippen LogP contribution is -2.47. The van der Waals surface area contributed by atoms with Crippen LogP contribution in [0.1, 0.15) is 33.0 Å². The number of amides is 2. The van der Waals surface area contributed by atoms with E-state index < -0.39 is 5.97 Å². The highest BCUT2D eigenvalue weighted by atomic mass is 16.4. The van der Waals surface area contributed by atoms with Gasteiger partial charge in [0.1, 0.15) is 5.76 Å². The minimum atomic E-state index is -0.905. The van der Waals surface area contributed by atoms with Crippen molar-refractivity contribution >= 4 is 12.0 Å². The van der Waals surface area contributed by atoms with E-state index in [-0.39, 0.29) is 18.5 Å². The minimum Gasteiger partial charge on any atom is -0.481 e. The summed E-state index contributed by atoms with van der Waals surface area (Å²) in [6.07, 6.45) is 1.51. The maximum absolute atomic E-state index is 12.5. The third kappa shape index (κ3) is 4.29. The first-order chi connectivity index (χ1) is 9.49. The van der Waals surface area contributed by atoms with E-state index >= 15 is 0 Å². The van der Waals surface area contributed by atoms with Gasteiger partial charge in [0.2, 0.25) is 0 Å². The molecule has 0 aliphatic carbocycles. The van der Waals surface area contributed by atoms with Gasteiger partial charge in [-0.25, -0.2) is 4.79 Å². The third-order valence-electron chi connectivity index (χ3n) is 3.17. The van der Waals surface area contributed by atoms with E-state index in [0.717, 1.165) is 0 Å². The second-order valence-corrected chi connectivity index (χ2v) is 4.61. The van der Waals surface area contributed by atoms with Gasteiger partial charge in [0, 0.05) is 19.1 Å². The standard InChI is InChI=1S/C14H22N2O4/c1-4-15(10-12-7-6-8-20-12)14(19)16(5-2)11(3)9-13(17)18/h6-8,11H,4-5,9-10H2,1-3H3,(H,17,18). The maximum Gasteiger partial charge on any atom is 0.320 e. The molecule has 1 rings (SSSR count). The average molecular weight is 282 g/mol. The Morgan fingerprint density at radius 3 is 2.50 bits per heavy atom. The number of carboxylic acids is 1. The van der Waals surface area contributed by atoms with E-state index in [4.69, 9.17) is 9.52 Å². The number of urea groups is 1. The van der Waals surface area contributed by atoms with Crippen LogP contribution in [0.3, 0.4) is 0 Å². The lowest BCUT2D eigenvalue weighted by atomic mass is 10.2. The van der Waals surface area contributed by atoms with Crippen LogP contribution in [0.5, 0.6) is 0 Å². The smallest absolute Gasteiger partial charge is 0.320 e. The summed E-state index contributed by atoms with van der Waals surface area (Å²) in [6, 6.07) is 3.08. The number of carboxylic acid groups (broad SMARTS) is 1. The van der Waals surface area contributed by atoms with Gasteiger partial charge in [-0.2, -0.15) is 0 Å². The molecule has 0 fully saturated rings.